The van der Waals surface area contributed by atoms with Crippen LogP contribution in [0.2, 0.25) is 0 Å². The lowest BCUT2D eigenvalue weighted by Gasteiger charge is -2.58. The number of rotatable bonds is 3. The second-order valence-corrected chi connectivity index (χ2v) is 10.9. The van der Waals surface area contributed by atoms with Crippen LogP contribution in [-0.2, 0) is 4.79 Å². The van der Waals surface area contributed by atoms with E-state index in [0.717, 1.165) is 38.5 Å². The zero-order valence-electron chi connectivity index (χ0n) is 18.9. The molecular formula is C28H36O3. The molecule has 2 N–H and O–H groups in total. The van der Waals surface area contributed by atoms with Crippen LogP contribution in [0.5, 0.6) is 0 Å². The van der Waals surface area contributed by atoms with Gasteiger partial charge in [0.25, 0.3) is 0 Å². The number of ketones is 1. The summed E-state index contributed by atoms with van der Waals surface area (Å²) in [4.78, 5) is 12.1. The fraction of sp³-hybridized carbons (Fsp3) is 0.607. The van der Waals surface area contributed by atoms with Gasteiger partial charge in [0.2, 0.25) is 0 Å². The number of carbonyl (C=O) groups excluding carboxylic acids is 1. The van der Waals surface area contributed by atoms with E-state index in [0.29, 0.717) is 41.8 Å². The first kappa shape index (κ1) is 21.2. The number of benzene rings is 1. The third-order valence-electron chi connectivity index (χ3n) is 9.52. The maximum absolute atomic E-state index is 12.1. The van der Waals surface area contributed by atoms with Crippen LogP contribution in [0.1, 0.15) is 68.9 Å². The number of aryl methyl sites for hydroxylation is 1. The minimum absolute atomic E-state index is 0.0270. The smallest absolute Gasteiger partial charge is 0.155 e. The lowest BCUT2D eigenvalue weighted by Crippen LogP contribution is -2.54. The number of allylic oxidation sites excluding steroid dienone is 1. The van der Waals surface area contributed by atoms with Crippen molar-refractivity contribution in [2.75, 3.05) is 6.61 Å². The minimum Gasteiger partial charge on any atom is -0.392 e. The maximum atomic E-state index is 12.1. The van der Waals surface area contributed by atoms with E-state index < -0.39 is 5.60 Å². The Balaban J connectivity index is 1.60. The van der Waals surface area contributed by atoms with Gasteiger partial charge in [0.05, 0.1) is 12.2 Å². The van der Waals surface area contributed by atoms with Crippen LogP contribution in [0.3, 0.4) is 0 Å². The van der Waals surface area contributed by atoms with Gasteiger partial charge < -0.3 is 10.2 Å². The number of hydrogen-bond donors (Lipinski definition) is 2. The molecule has 0 saturated heterocycles. The first-order valence-corrected chi connectivity index (χ1v) is 12.2. The number of fused-ring (bicyclic) bond motifs is 5. The van der Waals surface area contributed by atoms with Crippen LogP contribution in [0.4, 0.5) is 0 Å². The molecule has 0 radical (unpaired) electrons. The minimum atomic E-state index is -0.854. The highest BCUT2D eigenvalue weighted by Crippen LogP contribution is 2.68. The van der Waals surface area contributed by atoms with Crippen LogP contribution in [0.25, 0.3) is 0 Å². The lowest BCUT2D eigenvalue weighted by atomic mass is 9.46. The van der Waals surface area contributed by atoms with Gasteiger partial charge >= 0.3 is 0 Å². The normalized spacial score (nSPS) is 42.1. The van der Waals surface area contributed by atoms with Crippen molar-refractivity contribution < 1.29 is 15.0 Å². The fourth-order valence-electron chi connectivity index (χ4n) is 8.02. The molecule has 0 aliphatic heterocycles. The predicted molar refractivity (Wildman–Crippen MR) is 123 cm³/mol. The van der Waals surface area contributed by atoms with E-state index in [1.807, 2.05) is 12.2 Å². The van der Waals surface area contributed by atoms with Crippen LogP contribution >= 0.6 is 0 Å². The summed E-state index contributed by atoms with van der Waals surface area (Å²) in [7, 11) is 0. The molecule has 5 rings (SSSR count). The van der Waals surface area contributed by atoms with Gasteiger partial charge in [-0.1, -0.05) is 54.5 Å². The molecule has 4 aliphatic carbocycles. The number of hydrogen-bond acceptors (Lipinski definition) is 3. The number of carbonyl (C=O) groups is 1. The molecule has 166 valence electrons. The first-order chi connectivity index (χ1) is 14.9. The summed E-state index contributed by atoms with van der Waals surface area (Å²) in [6, 6.07) is 9.03. The Morgan fingerprint density at radius 3 is 2.61 bits per heavy atom. The molecule has 3 fully saturated rings. The Morgan fingerprint density at radius 2 is 1.87 bits per heavy atom. The molecule has 0 amide bonds. The second-order valence-electron chi connectivity index (χ2n) is 10.9. The average molecular weight is 421 g/mol. The number of aliphatic hydroxyl groups is 2. The Kier molecular flexibility index (Phi) is 5.26. The van der Waals surface area contributed by atoms with E-state index in [1.165, 1.54) is 16.7 Å². The fourth-order valence-corrected chi connectivity index (χ4v) is 8.02. The zero-order chi connectivity index (χ0) is 21.8. The Labute approximate surface area is 186 Å². The summed E-state index contributed by atoms with van der Waals surface area (Å²) >= 11 is 0. The summed E-state index contributed by atoms with van der Waals surface area (Å²) in [5.74, 6) is 2.83. The first-order valence-electron chi connectivity index (χ1n) is 12.2. The summed E-state index contributed by atoms with van der Waals surface area (Å²) in [6.07, 6.45) is 12.2. The quantitative estimate of drug-likeness (QED) is 0.668. The van der Waals surface area contributed by atoms with Crippen molar-refractivity contribution in [3.05, 3.63) is 59.2 Å². The molecule has 0 unspecified atom stereocenters. The molecule has 0 heterocycles. The Morgan fingerprint density at radius 1 is 1.10 bits per heavy atom. The third kappa shape index (κ3) is 3.27. The largest absolute Gasteiger partial charge is 0.392 e. The van der Waals surface area contributed by atoms with Crippen LogP contribution in [0, 0.1) is 36.0 Å². The summed E-state index contributed by atoms with van der Waals surface area (Å²) in [6.45, 7) is 4.41. The van der Waals surface area contributed by atoms with Gasteiger partial charge in [-0.3, -0.25) is 4.79 Å². The van der Waals surface area contributed by atoms with Crippen molar-refractivity contribution in [3.63, 3.8) is 0 Å². The molecule has 1 aromatic carbocycles. The third-order valence-corrected chi connectivity index (χ3v) is 9.52. The molecule has 3 nitrogen and oxygen atoms in total. The topological polar surface area (TPSA) is 57.5 Å². The van der Waals surface area contributed by atoms with E-state index in [1.54, 1.807) is 6.08 Å². The van der Waals surface area contributed by atoms with Crippen molar-refractivity contribution in [1.82, 2.24) is 0 Å². The van der Waals surface area contributed by atoms with Crippen molar-refractivity contribution in [1.29, 1.82) is 0 Å². The maximum Gasteiger partial charge on any atom is 0.155 e. The van der Waals surface area contributed by atoms with Crippen LogP contribution in [-0.4, -0.2) is 28.2 Å². The van der Waals surface area contributed by atoms with Gasteiger partial charge in [-0.05, 0) is 86.7 Å². The van der Waals surface area contributed by atoms with Crippen molar-refractivity contribution in [3.8, 4) is 0 Å². The molecular weight excluding hydrogens is 384 g/mol. The van der Waals surface area contributed by atoms with Gasteiger partial charge in [-0.15, -0.1) is 0 Å². The van der Waals surface area contributed by atoms with Gasteiger partial charge in [0.15, 0.2) is 5.78 Å². The van der Waals surface area contributed by atoms with Gasteiger partial charge in [0.1, 0.15) is 0 Å². The predicted octanol–water partition coefficient (Wildman–Crippen LogP) is 5.11. The average Bonchev–Trinajstić information content (AvgIpc) is 3.02. The van der Waals surface area contributed by atoms with Gasteiger partial charge in [0, 0.05) is 11.8 Å². The number of aliphatic hydroxyl groups excluding tert-OH is 1. The highest BCUT2D eigenvalue weighted by atomic mass is 16.3. The van der Waals surface area contributed by atoms with E-state index in [9.17, 15) is 15.0 Å². The summed E-state index contributed by atoms with van der Waals surface area (Å²) in [5.41, 5.74) is 3.01. The van der Waals surface area contributed by atoms with Crippen molar-refractivity contribution >= 4 is 5.78 Å². The van der Waals surface area contributed by atoms with E-state index in [4.69, 9.17) is 0 Å². The molecule has 7 atom stereocenters. The Bertz CT molecular complexity index is 913. The molecule has 1 aromatic rings. The zero-order valence-corrected chi connectivity index (χ0v) is 18.9. The molecule has 31 heavy (non-hydrogen) atoms. The second kappa shape index (κ2) is 7.71. The monoisotopic (exact) mass is 420 g/mol. The standard InChI is InChI=1S/C28H36O3/c1-18-4-6-19(7-5-18)24-17-27(2)25(12-14-28(27,31)13-3-15-29)23-10-8-20-16-21(30)9-11-22(20)26(23)24/h3-7,13,16,22-26,29,31H,8-12,14-15,17H2,1-2H3/t22-,23-,24+,25-,26+,27-,28-/m0/s1. The summed E-state index contributed by atoms with van der Waals surface area (Å²) < 4.78 is 0. The van der Waals surface area contributed by atoms with Gasteiger partial charge in [-0.2, -0.15) is 0 Å². The van der Waals surface area contributed by atoms with Gasteiger partial charge in [-0.25, -0.2) is 0 Å². The summed E-state index contributed by atoms with van der Waals surface area (Å²) in [5, 5.41) is 21.2. The molecule has 0 aromatic heterocycles. The van der Waals surface area contributed by atoms with E-state index in [-0.39, 0.29) is 12.0 Å². The lowest BCUT2D eigenvalue weighted by molar-refractivity contribution is -0.117. The van der Waals surface area contributed by atoms with Crippen LogP contribution < -0.4 is 0 Å². The highest BCUT2D eigenvalue weighted by Gasteiger charge is 2.63. The van der Waals surface area contributed by atoms with E-state index in [2.05, 4.69) is 38.1 Å². The molecule has 0 spiro atoms. The molecule has 3 heteroatoms. The molecule has 4 aliphatic rings. The molecule has 3 saturated carbocycles. The van der Waals surface area contributed by atoms with Crippen LogP contribution in [0.15, 0.2) is 48.1 Å². The highest BCUT2D eigenvalue weighted by molar-refractivity contribution is 5.91. The molecule has 0 bridgehead atoms. The van der Waals surface area contributed by atoms with Crippen molar-refractivity contribution in [2.24, 2.45) is 29.1 Å². The SMILES string of the molecule is Cc1ccc([C@H]2C[C@@]3(C)[C@@H](CC[C@@]3(O)C=CCO)[C@@H]3CCC4=CC(=O)CC[C@@H]4[C@H]32)cc1. The Hall–Kier alpha value is -1.71. The van der Waals surface area contributed by atoms with Crippen molar-refractivity contribution in [2.45, 2.75) is 70.3 Å². The van der Waals surface area contributed by atoms with E-state index >= 15 is 0 Å².